The second-order valence-corrected chi connectivity index (χ2v) is 5.19. The van der Waals surface area contributed by atoms with Crippen LogP contribution in [0.25, 0.3) is 0 Å². The van der Waals surface area contributed by atoms with Gasteiger partial charge in [-0.2, -0.15) is 0 Å². The Morgan fingerprint density at radius 1 is 1.14 bits per heavy atom. The number of aromatic nitrogens is 2. The summed E-state index contributed by atoms with van der Waals surface area (Å²) in [7, 11) is 1.64. The normalized spacial score (nSPS) is 13.8. The summed E-state index contributed by atoms with van der Waals surface area (Å²) >= 11 is 0. The van der Waals surface area contributed by atoms with Crippen molar-refractivity contribution in [3.05, 3.63) is 41.8 Å². The van der Waals surface area contributed by atoms with Crippen LogP contribution in [0.1, 0.15) is 31.4 Å². The van der Waals surface area contributed by atoms with Crippen molar-refractivity contribution < 1.29 is 13.9 Å². The van der Waals surface area contributed by atoms with E-state index in [0.29, 0.717) is 25.1 Å². The third-order valence-electron chi connectivity index (χ3n) is 3.20. The molecule has 0 aliphatic carbocycles. The lowest BCUT2D eigenvalue weighted by molar-refractivity contribution is 0.0131. The van der Waals surface area contributed by atoms with Gasteiger partial charge in [0.25, 0.3) is 0 Å². The van der Waals surface area contributed by atoms with Gasteiger partial charge in [0.05, 0.1) is 13.2 Å². The molecule has 0 bridgehead atoms. The summed E-state index contributed by atoms with van der Waals surface area (Å²) in [5.41, 5.74) is 1.26. The standard InChI is InChI=1S/C16H23N3O3/c1-12(11-14-7-5-4-6-8-14)17-16-19-18-15(22-16)13(2)21-10-9-20-3/h4-8,12-13H,9-11H2,1-3H3,(H,17,19). The Morgan fingerprint density at radius 3 is 2.64 bits per heavy atom. The summed E-state index contributed by atoms with van der Waals surface area (Å²) < 4.78 is 16.1. The predicted molar refractivity (Wildman–Crippen MR) is 83.8 cm³/mol. The molecule has 0 saturated carbocycles. The van der Waals surface area contributed by atoms with Gasteiger partial charge in [-0.1, -0.05) is 35.4 Å². The van der Waals surface area contributed by atoms with Crippen molar-refractivity contribution in [2.24, 2.45) is 0 Å². The molecule has 1 aromatic heterocycles. The molecule has 0 amide bonds. The van der Waals surface area contributed by atoms with Crippen molar-refractivity contribution in [1.29, 1.82) is 0 Å². The Bertz CT molecular complexity index is 545. The molecule has 0 spiro atoms. The van der Waals surface area contributed by atoms with E-state index in [2.05, 4.69) is 34.6 Å². The van der Waals surface area contributed by atoms with Crippen LogP contribution in [-0.2, 0) is 15.9 Å². The van der Waals surface area contributed by atoms with Crippen LogP contribution in [0.2, 0.25) is 0 Å². The van der Waals surface area contributed by atoms with Crippen molar-refractivity contribution in [3.8, 4) is 0 Å². The van der Waals surface area contributed by atoms with Gasteiger partial charge in [0.1, 0.15) is 6.10 Å². The third-order valence-corrected chi connectivity index (χ3v) is 3.20. The van der Waals surface area contributed by atoms with Crippen LogP contribution in [0, 0.1) is 0 Å². The molecule has 0 saturated heterocycles. The quantitative estimate of drug-likeness (QED) is 0.718. The number of ether oxygens (including phenoxy) is 2. The molecule has 1 aromatic carbocycles. The van der Waals surface area contributed by atoms with Gasteiger partial charge in [-0.25, -0.2) is 0 Å². The van der Waals surface area contributed by atoms with E-state index in [1.807, 2.05) is 25.1 Å². The third kappa shape index (κ3) is 5.13. The van der Waals surface area contributed by atoms with E-state index < -0.39 is 0 Å². The van der Waals surface area contributed by atoms with Crippen LogP contribution < -0.4 is 5.32 Å². The van der Waals surface area contributed by atoms with E-state index in [0.717, 1.165) is 6.42 Å². The number of methoxy groups -OCH3 is 1. The highest BCUT2D eigenvalue weighted by Crippen LogP contribution is 2.18. The predicted octanol–water partition coefficient (Wildman–Crippen LogP) is 2.84. The number of hydrogen-bond donors (Lipinski definition) is 1. The van der Waals surface area contributed by atoms with E-state index in [1.165, 1.54) is 5.56 Å². The van der Waals surface area contributed by atoms with E-state index in [-0.39, 0.29) is 12.1 Å². The van der Waals surface area contributed by atoms with Crippen LogP contribution in [0.5, 0.6) is 0 Å². The maximum absolute atomic E-state index is 5.59. The Morgan fingerprint density at radius 2 is 1.91 bits per heavy atom. The highest BCUT2D eigenvalue weighted by atomic mass is 16.5. The van der Waals surface area contributed by atoms with Crippen LogP contribution in [-0.4, -0.2) is 36.6 Å². The monoisotopic (exact) mass is 305 g/mol. The molecule has 2 atom stereocenters. The molecule has 0 radical (unpaired) electrons. The largest absolute Gasteiger partial charge is 0.405 e. The summed E-state index contributed by atoms with van der Waals surface area (Å²) in [5.74, 6) is 0.463. The number of rotatable bonds is 9. The second kappa shape index (κ2) is 8.51. The number of benzene rings is 1. The Hall–Kier alpha value is -1.92. The van der Waals surface area contributed by atoms with E-state index >= 15 is 0 Å². The molecule has 1 N–H and O–H groups in total. The number of nitrogens with zero attached hydrogens (tertiary/aromatic N) is 2. The molecule has 2 aromatic rings. The first-order valence-electron chi connectivity index (χ1n) is 7.43. The number of anilines is 1. The Kier molecular flexibility index (Phi) is 6.36. The molecule has 6 nitrogen and oxygen atoms in total. The highest BCUT2D eigenvalue weighted by molar-refractivity contribution is 5.23. The van der Waals surface area contributed by atoms with Gasteiger partial charge in [0, 0.05) is 13.2 Å². The fourth-order valence-corrected chi connectivity index (χ4v) is 2.07. The molecule has 6 heteroatoms. The molecule has 0 fully saturated rings. The van der Waals surface area contributed by atoms with Gasteiger partial charge >= 0.3 is 6.01 Å². The van der Waals surface area contributed by atoms with E-state index in [4.69, 9.17) is 13.9 Å². The molecular formula is C16H23N3O3. The summed E-state index contributed by atoms with van der Waals surface area (Å²) in [6.07, 6.45) is 0.640. The summed E-state index contributed by atoms with van der Waals surface area (Å²) in [4.78, 5) is 0. The first-order chi connectivity index (χ1) is 10.7. The fraction of sp³-hybridized carbons (Fsp3) is 0.500. The fourth-order valence-electron chi connectivity index (χ4n) is 2.07. The lowest BCUT2D eigenvalue weighted by Gasteiger charge is -2.12. The molecule has 1 heterocycles. The molecule has 2 unspecified atom stereocenters. The van der Waals surface area contributed by atoms with Crippen molar-refractivity contribution in [1.82, 2.24) is 10.2 Å². The molecule has 0 aliphatic heterocycles. The van der Waals surface area contributed by atoms with Crippen molar-refractivity contribution in [3.63, 3.8) is 0 Å². The molecule has 0 aliphatic rings. The maximum atomic E-state index is 5.59. The SMILES string of the molecule is COCCOC(C)c1nnc(NC(C)Cc2ccccc2)o1. The summed E-state index contributed by atoms with van der Waals surface area (Å²) in [6.45, 7) is 4.99. The molecule has 120 valence electrons. The van der Waals surface area contributed by atoms with Crippen molar-refractivity contribution in [2.75, 3.05) is 25.6 Å². The van der Waals surface area contributed by atoms with Crippen LogP contribution in [0.15, 0.2) is 34.7 Å². The van der Waals surface area contributed by atoms with Crippen molar-refractivity contribution >= 4 is 6.01 Å². The van der Waals surface area contributed by atoms with Crippen molar-refractivity contribution in [2.45, 2.75) is 32.4 Å². The van der Waals surface area contributed by atoms with Gasteiger partial charge < -0.3 is 19.2 Å². The smallest absolute Gasteiger partial charge is 0.315 e. The Balaban J connectivity index is 1.83. The average Bonchev–Trinajstić information content (AvgIpc) is 2.97. The van der Waals surface area contributed by atoms with Gasteiger partial charge in [-0.3, -0.25) is 0 Å². The minimum absolute atomic E-state index is 0.195. The zero-order valence-electron chi connectivity index (χ0n) is 13.3. The molecule has 22 heavy (non-hydrogen) atoms. The zero-order chi connectivity index (χ0) is 15.8. The van der Waals surface area contributed by atoms with Gasteiger partial charge in [-0.15, -0.1) is 5.10 Å². The maximum Gasteiger partial charge on any atom is 0.315 e. The molecule has 2 rings (SSSR count). The summed E-state index contributed by atoms with van der Waals surface area (Å²) in [6, 6.07) is 10.9. The lowest BCUT2D eigenvalue weighted by atomic mass is 10.1. The Labute approximate surface area is 130 Å². The van der Waals surface area contributed by atoms with Crippen LogP contribution in [0.4, 0.5) is 6.01 Å². The molecular weight excluding hydrogens is 282 g/mol. The van der Waals surface area contributed by atoms with Crippen LogP contribution >= 0.6 is 0 Å². The highest BCUT2D eigenvalue weighted by Gasteiger charge is 2.15. The van der Waals surface area contributed by atoms with Gasteiger partial charge in [0.15, 0.2) is 0 Å². The first-order valence-corrected chi connectivity index (χ1v) is 7.43. The zero-order valence-corrected chi connectivity index (χ0v) is 13.3. The average molecular weight is 305 g/mol. The second-order valence-electron chi connectivity index (χ2n) is 5.19. The van der Waals surface area contributed by atoms with Gasteiger partial charge in [0.2, 0.25) is 5.89 Å². The van der Waals surface area contributed by atoms with E-state index in [1.54, 1.807) is 7.11 Å². The van der Waals surface area contributed by atoms with Gasteiger partial charge in [-0.05, 0) is 25.8 Å². The first kappa shape index (κ1) is 16.5. The number of hydrogen-bond acceptors (Lipinski definition) is 6. The van der Waals surface area contributed by atoms with E-state index in [9.17, 15) is 0 Å². The number of nitrogens with one attached hydrogen (secondary N) is 1. The van der Waals surface area contributed by atoms with Crippen LogP contribution in [0.3, 0.4) is 0 Å². The lowest BCUT2D eigenvalue weighted by Crippen LogP contribution is -2.18. The minimum Gasteiger partial charge on any atom is -0.405 e. The minimum atomic E-state index is -0.248. The topological polar surface area (TPSA) is 69.4 Å². The summed E-state index contributed by atoms with van der Waals surface area (Å²) in [5, 5.41) is 11.2.